The SMILES string of the molecule is C[C@@H](NC(=O)c1ccc(=O)n(-c2ccccc2O)n1)c1cc(N)cc(C(F)(F)F)c1. The summed E-state index contributed by atoms with van der Waals surface area (Å²) in [6, 6.07) is 10.4. The van der Waals surface area contributed by atoms with Gasteiger partial charge < -0.3 is 16.2 Å². The zero-order chi connectivity index (χ0) is 22.1. The normalized spacial score (nSPS) is 12.4. The monoisotopic (exact) mass is 418 g/mol. The number of hydrogen-bond acceptors (Lipinski definition) is 5. The molecular weight excluding hydrogens is 401 g/mol. The Morgan fingerprint density at radius 2 is 1.87 bits per heavy atom. The van der Waals surface area contributed by atoms with Gasteiger partial charge in [0.05, 0.1) is 11.6 Å². The molecule has 3 aromatic rings. The Labute approximate surface area is 168 Å². The number of amides is 1. The molecule has 0 saturated carbocycles. The molecule has 0 radical (unpaired) electrons. The van der Waals surface area contributed by atoms with E-state index in [0.29, 0.717) is 0 Å². The van der Waals surface area contributed by atoms with Gasteiger partial charge in [-0.1, -0.05) is 12.1 Å². The molecule has 3 rings (SSSR count). The fourth-order valence-corrected chi connectivity index (χ4v) is 2.79. The van der Waals surface area contributed by atoms with E-state index in [0.717, 1.165) is 22.9 Å². The fourth-order valence-electron chi connectivity index (χ4n) is 2.79. The largest absolute Gasteiger partial charge is 0.506 e. The minimum absolute atomic E-state index is 0.0795. The second-order valence-electron chi connectivity index (χ2n) is 6.54. The number of nitrogens with two attached hydrogens (primary N) is 1. The third kappa shape index (κ3) is 4.43. The van der Waals surface area contributed by atoms with Crippen LogP contribution in [0.4, 0.5) is 18.9 Å². The number of nitrogens with one attached hydrogen (secondary N) is 1. The number of nitrogens with zero attached hydrogens (tertiary/aromatic N) is 2. The first kappa shape index (κ1) is 20.9. The molecule has 0 aliphatic rings. The third-order valence-corrected chi connectivity index (χ3v) is 4.30. The summed E-state index contributed by atoms with van der Waals surface area (Å²) in [6.07, 6.45) is -4.58. The Balaban J connectivity index is 1.88. The molecule has 1 aromatic heterocycles. The van der Waals surface area contributed by atoms with Gasteiger partial charge in [0, 0.05) is 11.8 Å². The number of aromatic nitrogens is 2. The summed E-state index contributed by atoms with van der Waals surface area (Å²) in [5.74, 6) is -0.930. The molecule has 30 heavy (non-hydrogen) atoms. The topological polar surface area (TPSA) is 110 Å². The summed E-state index contributed by atoms with van der Waals surface area (Å²) in [5.41, 5.74) is 4.04. The number of nitrogen functional groups attached to an aromatic ring is 1. The van der Waals surface area contributed by atoms with Crippen molar-refractivity contribution in [2.75, 3.05) is 5.73 Å². The third-order valence-electron chi connectivity index (χ3n) is 4.30. The molecule has 1 atom stereocenters. The van der Waals surface area contributed by atoms with Gasteiger partial charge in [0.1, 0.15) is 17.1 Å². The molecular formula is C20H17F3N4O3. The highest BCUT2D eigenvalue weighted by Crippen LogP contribution is 2.32. The first-order chi connectivity index (χ1) is 14.1. The van der Waals surface area contributed by atoms with Crippen molar-refractivity contribution < 1.29 is 23.1 Å². The van der Waals surface area contributed by atoms with Gasteiger partial charge in [-0.25, -0.2) is 0 Å². The van der Waals surface area contributed by atoms with Gasteiger partial charge in [0.15, 0.2) is 0 Å². The average molecular weight is 418 g/mol. The molecule has 0 unspecified atom stereocenters. The highest BCUT2D eigenvalue weighted by atomic mass is 19.4. The van der Waals surface area contributed by atoms with Crippen LogP contribution in [-0.4, -0.2) is 20.8 Å². The fraction of sp³-hybridized carbons (Fsp3) is 0.150. The number of aromatic hydroxyl groups is 1. The first-order valence-electron chi connectivity index (χ1n) is 8.73. The van der Waals surface area contributed by atoms with Crippen LogP contribution in [0, 0.1) is 0 Å². The molecule has 0 bridgehead atoms. The van der Waals surface area contributed by atoms with E-state index in [1.54, 1.807) is 12.1 Å². The molecule has 1 amide bonds. The Bertz CT molecular complexity index is 1160. The van der Waals surface area contributed by atoms with E-state index in [2.05, 4.69) is 10.4 Å². The molecule has 1 heterocycles. The molecule has 0 aliphatic carbocycles. The van der Waals surface area contributed by atoms with E-state index in [1.807, 2.05) is 0 Å². The van der Waals surface area contributed by atoms with Gasteiger partial charge in [-0.05, 0) is 48.9 Å². The lowest BCUT2D eigenvalue weighted by Gasteiger charge is -2.17. The summed E-state index contributed by atoms with van der Waals surface area (Å²) in [7, 11) is 0. The summed E-state index contributed by atoms with van der Waals surface area (Å²) in [4.78, 5) is 24.7. The lowest BCUT2D eigenvalue weighted by Crippen LogP contribution is -2.30. The van der Waals surface area contributed by atoms with E-state index in [4.69, 9.17) is 5.73 Å². The number of benzene rings is 2. The van der Waals surface area contributed by atoms with Crippen molar-refractivity contribution in [3.05, 3.63) is 81.8 Å². The summed E-state index contributed by atoms with van der Waals surface area (Å²) >= 11 is 0. The number of carbonyl (C=O) groups is 1. The Morgan fingerprint density at radius 1 is 1.17 bits per heavy atom. The van der Waals surface area contributed by atoms with Crippen molar-refractivity contribution in [2.45, 2.75) is 19.1 Å². The van der Waals surface area contributed by atoms with Crippen molar-refractivity contribution in [2.24, 2.45) is 0 Å². The van der Waals surface area contributed by atoms with Crippen LogP contribution in [0.15, 0.2) is 59.4 Å². The van der Waals surface area contributed by atoms with Gasteiger partial charge in [-0.2, -0.15) is 23.0 Å². The minimum Gasteiger partial charge on any atom is -0.506 e. The van der Waals surface area contributed by atoms with Gasteiger partial charge in [-0.15, -0.1) is 0 Å². The smallest absolute Gasteiger partial charge is 0.416 e. The molecule has 0 saturated heterocycles. The van der Waals surface area contributed by atoms with Crippen LogP contribution >= 0.6 is 0 Å². The standard InChI is InChI=1S/C20H17F3N4O3/c1-11(12-8-13(20(21,22)23)10-14(24)9-12)25-19(30)15-6-7-18(29)27(26-15)16-4-2-3-5-17(16)28/h2-11,28H,24H2,1H3,(H,25,30)/t11-/m1/s1. The molecule has 0 spiro atoms. The molecule has 10 heteroatoms. The van der Waals surface area contributed by atoms with E-state index in [-0.39, 0.29) is 28.4 Å². The summed E-state index contributed by atoms with van der Waals surface area (Å²) < 4.78 is 39.9. The maximum absolute atomic E-state index is 13.0. The van der Waals surface area contributed by atoms with Crippen LogP contribution in [0.25, 0.3) is 5.69 Å². The Morgan fingerprint density at radius 3 is 2.53 bits per heavy atom. The number of anilines is 1. The number of para-hydroxylation sites is 2. The van der Waals surface area contributed by atoms with Crippen molar-refractivity contribution >= 4 is 11.6 Å². The van der Waals surface area contributed by atoms with Crippen LogP contribution in [-0.2, 0) is 6.18 Å². The summed E-state index contributed by atoms with van der Waals surface area (Å²) in [5, 5.41) is 16.4. The van der Waals surface area contributed by atoms with Crippen molar-refractivity contribution in [3.8, 4) is 11.4 Å². The molecule has 2 aromatic carbocycles. The number of halogens is 3. The van der Waals surface area contributed by atoms with Crippen molar-refractivity contribution in [1.82, 2.24) is 15.1 Å². The predicted molar refractivity (Wildman–Crippen MR) is 103 cm³/mol. The van der Waals surface area contributed by atoms with Crippen LogP contribution in [0.3, 0.4) is 0 Å². The molecule has 0 aliphatic heterocycles. The molecule has 4 N–H and O–H groups in total. The number of hydrogen-bond donors (Lipinski definition) is 3. The molecule has 0 fully saturated rings. The van der Waals surface area contributed by atoms with Crippen LogP contribution in [0.1, 0.15) is 34.6 Å². The van der Waals surface area contributed by atoms with E-state index in [1.165, 1.54) is 31.2 Å². The lowest BCUT2D eigenvalue weighted by molar-refractivity contribution is -0.137. The lowest BCUT2D eigenvalue weighted by atomic mass is 10.0. The maximum atomic E-state index is 13.0. The Kier molecular flexibility index (Phi) is 5.50. The number of phenolic OH excluding ortho intramolecular Hbond substituents is 1. The zero-order valence-electron chi connectivity index (χ0n) is 15.6. The zero-order valence-corrected chi connectivity index (χ0v) is 15.6. The number of alkyl halides is 3. The van der Waals surface area contributed by atoms with Crippen LogP contribution in [0.2, 0.25) is 0 Å². The maximum Gasteiger partial charge on any atom is 0.416 e. The number of carbonyl (C=O) groups excluding carboxylic acids is 1. The average Bonchev–Trinajstić information content (AvgIpc) is 2.67. The second-order valence-corrected chi connectivity index (χ2v) is 6.54. The van der Waals surface area contributed by atoms with Gasteiger partial charge >= 0.3 is 6.18 Å². The van der Waals surface area contributed by atoms with E-state index in [9.17, 15) is 27.9 Å². The molecule has 7 nitrogen and oxygen atoms in total. The van der Waals surface area contributed by atoms with Gasteiger partial charge in [0.25, 0.3) is 11.5 Å². The minimum atomic E-state index is -4.58. The van der Waals surface area contributed by atoms with Crippen LogP contribution in [0.5, 0.6) is 5.75 Å². The summed E-state index contributed by atoms with van der Waals surface area (Å²) in [6.45, 7) is 1.49. The van der Waals surface area contributed by atoms with Gasteiger partial charge in [0.2, 0.25) is 0 Å². The van der Waals surface area contributed by atoms with Gasteiger partial charge in [-0.3, -0.25) is 9.59 Å². The van der Waals surface area contributed by atoms with Crippen molar-refractivity contribution in [3.63, 3.8) is 0 Å². The predicted octanol–water partition coefficient (Wildman–Crippen LogP) is 3.03. The van der Waals surface area contributed by atoms with E-state index >= 15 is 0 Å². The number of phenols is 1. The number of rotatable bonds is 4. The van der Waals surface area contributed by atoms with Crippen LogP contribution < -0.4 is 16.6 Å². The van der Waals surface area contributed by atoms with Crippen molar-refractivity contribution in [1.29, 1.82) is 0 Å². The Hall–Kier alpha value is -3.82. The highest BCUT2D eigenvalue weighted by molar-refractivity contribution is 5.92. The first-order valence-corrected chi connectivity index (χ1v) is 8.73. The highest BCUT2D eigenvalue weighted by Gasteiger charge is 2.31. The molecule has 156 valence electrons. The quantitative estimate of drug-likeness (QED) is 0.564. The second kappa shape index (κ2) is 7.90. The van der Waals surface area contributed by atoms with E-state index < -0.39 is 29.2 Å².